The largest absolute Gasteiger partial charge is 0.493 e. The maximum absolute atomic E-state index is 14.1. The summed E-state index contributed by atoms with van der Waals surface area (Å²) in [5.41, 5.74) is 0.979. The minimum Gasteiger partial charge on any atom is -0.493 e. The van der Waals surface area contributed by atoms with Crippen LogP contribution in [0.5, 0.6) is 11.5 Å². The highest BCUT2D eigenvalue weighted by Gasteiger charge is 2.19. The molecule has 0 bridgehead atoms. The molecule has 0 heterocycles. The Bertz CT molecular complexity index is 442. The molecular weight excluding hydrogens is 237 g/mol. The minimum atomic E-state index is -1.00. The molecule has 5 heteroatoms. The van der Waals surface area contributed by atoms with E-state index in [0.29, 0.717) is 5.75 Å². The number of rotatable bonds is 5. The lowest BCUT2D eigenvalue weighted by molar-refractivity contribution is 0.180. The van der Waals surface area contributed by atoms with Crippen molar-refractivity contribution in [3.8, 4) is 11.5 Å². The standard InChI is InChI=1S/C13H18FNO3/c1-8(2)15-7-10(16)9-5-6-11(17-3)13(18-4)12(9)14/h5-6,10,16H,7H2,1-4H3/t10-/m0/s1. The number of nitrogens with zero attached hydrogens (tertiary/aromatic N) is 1. The highest BCUT2D eigenvalue weighted by atomic mass is 19.1. The van der Waals surface area contributed by atoms with Crippen LogP contribution in [0, 0.1) is 5.82 Å². The van der Waals surface area contributed by atoms with E-state index in [1.807, 2.05) is 13.8 Å². The SMILES string of the molecule is COc1ccc([C@@H](O)CN=C(C)C)c(F)c1OC. The van der Waals surface area contributed by atoms with Gasteiger partial charge in [-0.05, 0) is 26.0 Å². The van der Waals surface area contributed by atoms with E-state index in [2.05, 4.69) is 4.99 Å². The average molecular weight is 255 g/mol. The number of hydrogen-bond acceptors (Lipinski definition) is 4. The molecule has 0 aliphatic carbocycles. The summed E-state index contributed by atoms with van der Waals surface area (Å²) < 4.78 is 24.0. The Balaban J connectivity index is 3.07. The summed E-state index contributed by atoms with van der Waals surface area (Å²) in [5, 5.41) is 9.89. The summed E-state index contributed by atoms with van der Waals surface area (Å²) in [5.74, 6) is -0.333. The first-order valence-corrected chi connectivity index (χ1v) is 5.57. The van der Waals surface area contributed by atoms with Gasteiger partial charge in [0.2, 0.25) is 0 Å². The van der Waals surface area contributed by atoms with Crippen molar-refractivity contribution in [2.45, 2.75) is 20.0 Å². The van der Waals surface area contributed by atoms with Crippen molar-refractivity contribution in [3.05, 3.63) is 23.5 Å². The van der Waals surface area contributed by atoms with Crippen LogP contribution in [0.25, 0.3) is 0 Å². The number of benzene rings is 1. The molecule has 0 amide bonds. The predicted molar refractivity (Wildman–Crippen MR) is 68.1 cm³/mol. The number of aliphatic hydroxyl groups is 1. The molecule has 0 aromatic heterocycles. The molecule has 0 fully saturated rings. The molecule has 4 nitrogen and oxygen atoms in total. The van der Waals surface area contributed by atoms with Gasteiger partial charge in [-0.25, -0.2) is 4.39 Å². The van der Waals surface area contributed by atoms with Crippen molar-refractivity contribution >= 4 is 5.71 Å². The molecule has 18 heavy (non-hydrogen) atoms. The molecule has 0 radical (unpaired) electrons. The van der Waals surface area contributed by atoms with Crippen molar-refractivity contribution in [3.63, 3.8) is 0 Å². The first-order valence-electron chi connectivity index (χ1n) is 5.57. The lowest BCUT2D eigenvalue weighted by Gasteiger charge is -2.14. The number of halogens is 1. The molecule has 0 aliphatic rings. The quantitative estimate of drug-likeness (QED) is 0.822. The zero-order chi connectivity index (χ0) is 13.7. The minimum absolute atomic E-state index is 0.00810. The molecule has 0 saturated heterocycles. The number of ether oxygens (including phenoxy) is 2. The predicted octanol–water partition coefficient (Wildman–Crippen LogP) is 2.36. The topological polar surface area (TPSA) is 51.0 Å². The normalized spacial score (nSPS) is 11.9. The molecule has 0 spiro atoms. The molecular formula is C13H18FNO3. The molecule has 1 aromatic rings. The zero-order valence-electron chi connectivity index (χ0n) is 11.0. The Morgan fingerprint density at radius 1 is 1.33 bits per heavy atom. The Morgan fingerprint density at radius 2 is 2.00 bits per heavy atom. The Labute approximate surface area is 106 Å². The monoisotopic (exact) mass is 255 g/mol. The molecule has 0 aliphatic heterocycles. The highest BCUT2D eigenvalue weighted by Crippen LogP contribution is 2.34. The summed E-state index contributed by atoms with van der Waals surface area (Å²) in [4.78, 5) is 4.07. The van der Waals surface area contributed by atoms with E-state index in [-0.39, 0.29) is 17.9 Å². The third-order valence-corrected chi connectivity index (χ3v) is 2.45. The summed E-state index contributed by atoms with van der Waals surface area (Å²) in [6.45, 7) is 3.75. The van der Waals surface area contributed by atoms with Gasteiger partial charge in [-0.1, -0.05) is 0 Å². The average Bonchev–Trinajstić information content (AvgIpc) is 2.35. The number of hydrogen-bond donors (Lipinski definition) is 1. The highest BCUT2D eigenvalue weighted by molar-refractivity contribution is 5.79. The fraction of sp³-hybridized carbons (Fsp3) is 0.462. The third-order valence-electron chi connectivity index (χ3n) is 2.45. The van der Waals surface area contributed by atoms with Crippen LogP contribution in [0.4, 0.5) is 4.39 Å². The summed E-state index contributed by atoms with van der Waals surface area (Å²) in [7, 11) is 2.78. The number of aliphatic imine (C=N–C) groups is 1. The van der Waals surface area contributed by atoms with Gasteiger partial charge < -0.3 is 14.6 Å². The van der Waals surface area contributed by atoms with Crippen molar-refractivity contribution in [1.82, 2.24) is 0 Å². The van der Waals surface area contributed by atoms with E-state index < -0.39 is 11.9 Å². The van der Waals surface area contributed by atoms with Gasteiger partial charge in [0, 0.05) is 11.3 Å². The van der Waals surface area contributed by atoms with E-state index >= 15 is 0 Å². The van der Waals surface area contributed by atoms with Crippen LogP contribution < -0.4 is 9.47 Å². The third kappa shape index (κ3) is 3.20. The van der Waals surface area contributed by atoms with Crippen LogP contribution in [0.3, 0.4) is 0 Å². The van der Waals surface area contributed by atoms with E-state index in [1.54, 1.807) is 6.07 Å². The van der Waals surface area contributed by atoms with Gasteiger partial charge in [0.1, 0.15) is 6.10 Å². The second kappa shape index (κ2) is 6.35. The molecule has 1 aromatic carbocycles. The van der Waals surface area contributed by atoms with E-state index in [1.165, 1.54) is 20.3 Å². The van der Waals surface area contributed by atoms with Crippen LogP contribution >= 0.6 is 0 Å². The van der Waals surface area contributed by atoms with Gasteiger partial charge in [0.25, 0.3) is 0 Å². The smallest absolute Gasteiger partial charge is 0.197 e. The summed E-state index contributed by atoms with van der Waals surface area (Å²) in [6.07, 6.45) is -1.00. The molecule has 1 atom stereocenters. The summed E-state index contributed by atoms with van der Waals surface area (Å²) in [6, 6.07) is 3.03. The fourth-order valence-corrected chi connectivity index (χ4v) is 1.53. The van der Waals surface area contributed by atoms with Crippen LogP contribution in [-0.4, -0.2) is 31.6 Å². The second-order valence-electron chi connectivity index (χ2n) is 4.01. The van der Waals surface area contributed by atoms with Crippen molar-refractivity contribution in [1.29, 1.82) is 0 Å². The maximum Gasteiger partial charge on any atom is 0.197 e. The lowest BCUT2D eigenvalue weighted by Crippen LogP contribution is -2.07. The van der Waals surface area contributed by atoms with Crippen LogP contribution in [0.1, 0.15) is 25.5 Å². The van der Waals surface area contributed by atoms with E-state index in [9.17, 15) is 9.50 Å². The van der Waals surface area contributed by atoms with E-state index in [4.69, 9.17) is 9.47 Å². The molecule has 1 N–H and O–H groups in total. The number of aliphatic hydroxyl groups excluding tert-OH is 1. The summed E-state index contributed by atoms with van der Waals surface area (Å²) >= 11 is 0. The maximum atomic E-state index is 14.1. The molecule has 0 saturated carbocycles. The van der Waals surface area contributed by atoms with Crippen molar-refractivity contribution in [2.24, 2.45) is 4.99 Å². The Hall–Kier alpha value is -1.62. The first-order chi connectivity index (χ1) is 8.51. The Morgan fingerprint density at radius 3 is 2.50 bits per heavy atom. The lowest BCUT2D eigenvalue weighted by atomic mass is 10.1. The molecule has 0 unspecified atom stereocenters. The van der Waals surface area contributed by atoms with Crippen molar-refractivity contribution in [2.75, 3.05) is 20.8 Å². The fourth-order valence-electron chi connectivity index (χ4n) is 1.53. The van der Waals surface area contributed by atoms with Gasteiger partial charge in [0.15, 0.2) is 17.3 Å². The van der Waals surface area contributed by atoms with Gasteiger partial charge >= 0.3 is 0 Å². The Kier molecular flexibility index (Phi) is 5.09. The zero-order valence-corrected chi connectivity index (χ0v) is 11.0. The van der Waals surface area contributed by atoms with Gasteiger partial charge in [-0.15, -0.1) is 0 Å². The van der Waals surface area contributed by atoms with E-state index in [0.717, 1.165) is 5.71 Å². The van der Waals surface area contributed by atoms with Gasteiger partial charge in [-0.2, -0.15) is 0 Å². The molecule has 1 rings (SSSR count). The van der Waals surface area contributed by atoms with Gasteiger partial charge in [-0.3, -0.25) is 4.99 Å². The van der Waals surface area contributed by atoms with Crippen molar-refractivity contribution < 1.29 is 19.0 Å². The van der Waals surface area contributed by atoms with Crippen LogP contribution in [0.15, 0.2) is 17.1 Å². The number of methoxy groups -OCH3 is 2. The van der Waals surface area contributed by atoms with Crippen LogP contribution in [-0.2, 0) is 0 Å². The first kappa shape index (κ1) is 14.4. The van der Waals surface area contributed by atoms with Crippen LogP contribution in [0.2, 0.25) is 0 Å². The molecule has 100 valence electrons. The second-order valence-corrected chi connectivity index (χ2v) is 4.01. The van der Waals surface area contributed by atoms with Gasteiger partial charge in [0.05, 0.1) is 20.8 Å².